The van der Waals surface area contributed by atoms with Crippen LogP contribution in [0.2, 0.25) is 0 Å². The van der Waals surface area contributed by atoms with E-state index in [1.165, 1.54) is 0 Å². The lowest BCUT2D eigenvalue weighted by molar-refractivity contribution is -0.111. The van der Waals surface area contributed by atoms with E-state index in [0.717, 1.165) is 48.5 Å². The maximum atomic E-state index is 12.3. The fourth-order valence-corrected chi connectivity index (χ4v) is 2.46. The van der Waals surface area contributed by atoms with Crippen molar-refractivity contribution in [3.05, 3.63) is 52.9 Å². The molecular weight excluding hydrogens is 224 g/mol. The molecule has 0 atom stereocenters. The minimum Gasteiger partial charge on any atom is -0.370 e. The van der Waals surface area contributed by atoms with E-state index in [9.17, 15) is 4.79 Å². The largest absolute Gasteiger partial charge is 0.370 e. The number of Topliss-reactive ketones (excluding diaryl/α,β-unsaturated/α-hetero) is 1. The standard InChI is InChI=1S/C15H16N2O/c18-14-12(10-11-4-2-1-3-5-11)6-7-13(14)15-16-8-9-17-15/h1-5,10,16-17H,6-9H2. The van der Waals surface area contributed by atoms with Crippen LogP contribution in [-0.4, -0.2) is 18.9 Å². The van der Waals surface area contributed by atoms with Gasteiger partial charge >= 0.3 is 0 Å². The minimum absolute atomic E-state index is 0.191. The second kappa shape index (κ2) is 4.69. The lowest BCUT2D eigenvalue weighted by Crippen LogP contribution is -2.15. The summed E-state index contributed by atoms with van der Waals surface area (Å²) in [5.74, 6) is 1.13. The van der Waals surface area contributed by atoms with E-state index in [4.69, 9.17) is 0 Å². The Labute approximate surface area is 107 Å². The van der Waals surface area contributed by atoms with Crippen LogP contribution in [-0.2, 0) is 4.79 Å². The molecule has 0 aromatic heterocycles. The van der Waals surface area contributed by atoms with E-state index in [1.54, 1.807) is 0 Å². The average Bonchev–Trinajstić information content (AvgIpc) is 3.02. The molecule has 2 N–H and O–H groups in total. The van der Waals surface area contributed by atoms with Gasteiger partial charge in [-0.15, -0.1) is 0 Å². The second-order valence-electron chi connectivity index (χ2n) is 4.62. The summed E-state index contributed by atoms with van der Waals surface area (Å²) in [6.07, 6.45) is 3.69. The van der Waals surface area contributed by atoms with Gasteiger partial charge in [0.25, 0.3) is 0 Å². The number of benzene rings is 1. The zero-order chi connectivity index (χ0) is 12.4. The van der Waals surface area contributed by atoms with Gasteiger partial charge in [-0.2, -0.15) is 0 Å². The Morgan fingerprint density at radius 2 is 1.72 bits per heavy atom. The highest BCUT2D eigenvalue weighted by atomic mass is 16.1. The van der Waals surface area contributed by atoms with Crippen molar-refractivity contribution in [2.24, 2.45) is 0 Å². The molecule has 3 heteroatoms. The highest BCUT2D eigenvalue weighted by Gasteiger charge is 2.27. The van der Waals surface area contributed by atoms with Gasteiger partial charge in [0.05, 0.1) is 0 Å². The van der Waals surface area contributed by atoms with Crippen LogP contribution in [0.4, 0.5) is 0 Å². The Kier molecular flexibility index (Phi) is 2.89. The van der Waals surface area contributed by atoms with Crippen molar-refractivity contribution in [1.82, 2.24) is 10.6 Å². The Bertz CT molecular complexity index is 521. The monoisotopic (exact) mass is 240 g/mol. The molecule has 3 rings (SSSR count). The summed E-state index contributed by atoms with van der Waals surface area (Å²) in [4.78, 5) is 12.3. The second-order valence-corrected chi connectivity index (χ2v) is 4.62. The van der Waals surface area contributed by atoms with Gasteiger partial charge in [-0.05, 0) is 24.5 Å². The van der Waals surface area contributed by atoms with Gasteiger partial charge in [0, 0.05) is 24.2 Å². The molecule has 3 nitrogen and oxygen atoms in total. The molecule has 1 heterocycles. The van der Waals surface area contributed by atoms with E-state index in [2.05, 4.69) is 10.6 Å². The van der Waals surface area contributed by atoms with Gasteiger partial charge in [0.1, 0.15) is 5.82 Å². The molecular formula is C15H16N2O. The van der Waals surface area contributed by atoms with Crippen LogP contribution < -0.4 is 10.6 Å². The predicted octanol–water partition coefficient (Wildman–Crippen LogP) is 1.84. The predicted molar refractivity (Wildman–Crippen MR) is 71.7 cm³/mol. The van der Waals surface area contributed by atoms with Crippen molar-refractivity contribution >= 4 is 11.9 Å². The van der Waals surface area contributed by atoms with Crippen molar-refractivity contribution in [3.63, 3.8) is 0 Å². The third kappa shape index (κ3) is 2.04. The van der Waals surface area contributed by atoms with Gasteiger partial charge in [-0.25, -0.2) is 0 Å². The van der Waals surface area contributed by atoms with Crippen LogP contribution in [0.15, 0.2) is 47.3 Å². The van der Waals surface area contributed by atoms with E-state index in [0.29, 0.717) is 0 Å². The first kappa shape index (κ1) is 11.1. The summed E-state index contributed by atoms with van der Waals surface area (Å²) in [5, 5.41) is 6.47. The van der Waals surface area contributed by atoms with Crippen LogP contribution in [0.3, 0.4) is 0 Å². The lowest BCUT2D eigenvalue weighted by atomic mass is 10.1. The third-order valence-corrected chi connectivity index (χ3v) is 3.38. The van der Waals surface area contributed by atoms with Crippen LogP contribution >= 0.6 is 0 Å². The smallest absolute Gasteiger partial charge is 0.188 e. The summed E-state index contributed by atoms with van der Waals surface area (Å²) >= 11 is 0. The van der Waals surface area contributed by atoms with Crippen LogP contribution in [0, 0.1) is 0 Å². The van der Waals surface area contributed by atoms with Crippen LogP contribution in [0.25, 0.3) is 6.08 Å². The maximum Gasteiger partial charge on any atom is 0.188 e. The maximum absolute atomic E-state index is 12.3. The number of hydrogen-bond acceptors (Lipinski definition) is 3. The van der Waals surface area contributed by atoms with Crippen molar-refractivity contribution in [2.75, 3.05) is 13.1 Å². The molecule has 1 aliphatic carbocycles. The molecule has 2 fully saturated rings. The van der Waals surface area contributed by atoms with Gasteiger partial charge < -0.3 is 10.6 Å². The molecule has 0 amide bonds. The molecule has 1 aliphatic heterocycles. The summed E-state index contributed by atoms with van der Waals surface area (Å²) in [6.45, 7) is 1.81. The van der Waals surface area contributed by atoms with E-state index in [1.807, 2.05) is 36.4 Å². The Hall–Kier alpha value is -2.03. The summed E-state index contributed by atoms with van der Waals surface area (Å²) in [6, 6.07) is 10.0. The van der Waals surface area contributed by atoms with Gasteiger partial charge in [0.2, 0.25) is 0 Å². The number of allylic oxidation sites excluding steroid dienone is 2. The first-order chi connectivity index (χ1) is 8.84. The van der Waals surface area contributed by atoms with Gasteiger partial charge in [0.15, 0.2) is 5.78 Å². The molecule has 1 aromatic rings. The minimum atomic E-state index is 0.191. The number of carbonyl (C=O) groups is 1. The SMILES string of the molecule is O=C1C(=Cc2ccccc2)CCC1=C1NCCN1. The topological polar surface area (TPSA) is 41.1 Å². The zero-order valence-electron chi connectivity index (χ0n) is 10.2. The van der Waals surface area contributed by atoms with Crippen molar-refractivity contribution < 1.29 is 4.79 Å². The average molecular weight is 240 g/mol. The number of nitrogens with one attached hydrogen (secondary N) is 2. The van der Waals surface area contributed by atoms with Crippen molar-refractivity contribution in [3.8, 4) is 0 Å². The summed E-state index contributed by atoms with van der Waals surface area (Å²) in [7, 11) is 0. The van der Waals surface area contributed by atoms with Gasteiger partial charge in [-0.1, -0.05) is 30.3 Å². The van der Waals surface area contributed by atoms with Crippen molar-refractivity contribution in [2.45, 2.75) is 12.8 Å². The summed E-state index contributed by atoms with van der Waals surface area (Å²) in [5.41, 5.74) is 2.92. The van der Waals surface area contributed by atoms with Crippen LogP contribution in [0.1, 0.15) is 18.4 Å². The first-order valence-corrected chi connectivity index (χ1v) is 6.36. The molecule has 0 bridgehead atoms. The fourth-order valence-electron chi connectivity index (χ4n) is 2.46. The van der Waals surface area contributed by atoms with E-state index in [-0.39, 0.29) is 5.78 Å². The number of ketones is 1. The molecule has 1 aromatic carbocycles. The molecule has 0 unspecified atom stereocenters. The quantitative estimate of drug-likeness (QED) is 0.736. The molecule has 2 aliphatic rings. The Morgan fingerprint density at radius 1 is 1.00 bits per heavy atom. The fraction of sp³-hybridized carbons (Fsp3) is 0.267. The highest BCUT2D eigenvalue weighted by molar-refractivity contribution is 6.13. The molecule has 1 saturated heterocycles. The normalized spacial score (nSPS) is 21.3. The van der Waals surface area contributed by atoms with E-state index < -0.39 is 0 Å². The lowest BCUT2D eigenvalue weighted by Gasteiger charge is -2.03. The number of hydrogen-bond donors (Lipinski definition) is 2. The molecule has 18 heavy (non-hydrogen) atoms. The van der Waals surface area contributed by atoms with Gasteiger partial charge in [-0.3, -0.25) is 4.79 Å². The number of rotatable bonds is 1. The highest BCUT2D eigenvalue weighted by Crippen LogP contribution is 2.29. The molecule has 0 radical (unpaired) electrons. The third-order valence-electron chi connectivity index (χ3n) is 3.38. The van der Waals surface area contributed by atoms with Crippen molar-refractivity contribution in [1.29, 1.82) is 0 Å². The Morgan fingerprint density at radius 3 is 2.44 bits per heavy atom. The Balaban J connectivity index is 1.87. The zero-order valence-corrected chi connectivity index (χ0v) is 10.2. The molecule has 1 saturated carbocycles. The first-order valence-electron chi connectivity index (χ1n) is 6.36. The summed E-state index contributed by atoms with van der Waals surface area (Å²) < 4.78 is 0. The molecule has 0 spiro atoms. The number of carbonyl (C=O) groups excluding carboxylic acids is 1. The van der Waals surface area contributed by atoms with E-state index >= 15 is 0 Å². The molecule has 92 valence electrons. The van der Waals surface area contributed by atoms with Crippen LogP contribution in [0.5, 0.6) is 0 Å².